The van der Waals surface area contributed by atoms with Crippen LogP contribution in [-0.4, -0.2) is 18.6 Å². The molecule has 0 aliphatic heterocycles. The number of hydrogen-bond donors (Lipinski definition) is 1. The highest BCUT2D eigenvalue weighted by atomic mass is 16.5. The van der Waals surface area contributed by atoms with E-state index in [-0.39, 0.29) is 12.0 Å². The molecule has 26 heavy (non-hydrogen) atoms. The molecule has 1 atom stereocenters. The number of anilines is 1. The van der Waals surface area contributed by atoms with Crippen LogP contribution in [0, 0.1) is 5.92 Å². The first kappa shape index (κ1) is 19.8. The smallest absolute Gasteiger partial charge is 0.255 e. The topological polar surface area (TPSA) is 47.6 Å². The molecule has 1 N–H and O–H groups in total. The molecule has 0 radical (unpaired) electrons. The van der Waals surface area contributed by atoms with E-state index in [0.717, 1.165) is 24.3 Å². The molecule has 140 valence electrons. The van der Waals surface area contributed by atoms with Crippen molar-refractivity contribution in [2.75, 3.05) is 11.9 Å². The Morgan fingerprint density at radius 2 is 1.77 bits per heavy atom. The lowest BCUT2D eigenvalue weighted by Gasteiger charge is -2.14. The summed E-state index contributed by atoms with van der Waals surface area (Å²) >= 11 is 0. The highest BCUT2D eigenvalue weighted by Crippen LogP contribution is 2.20. The van der Waals surface area contributed by atoms with E-state index in [0.29, 0.717) is 23.8 Å². The molecule has 1 unspecified atom stereocenters. The maximum Gasteiger partial charge on any atom is 0.255 e. The van der Waals surface area contributed by atoms with Gasteiger partial charge in [0.15, 0.2) is 0 Å². The Bertz CT molecular complexity index is 695. The van der Waals surface area contributed by atoms with Gasteiger partial charge in [0.05, 0.1) is 12.7 Å². The number of hydrogen-bond acceptors (Lipinski definition) is 3. The zero-order valence-corrected chi connectivity index (χ0v) is 16.1. The predicted molar refractivity (Wildman–Crippen MR) is 106 cm³/mol. The van der Waals surface area contributed by atoms with E-state index in [1.165, 1.54) is 0 Å². The molecule has 0 heterocycles. The Balaban J connectivity index is 1.94. The maximum absolute atomic E-state index is 12.4. The number of nitrogens with one attached hydrogen (secondary N) is 1. The standard InChI is InChI=1S/C22H29NO3/c1-5-17(4)26-21-8-6-7-19(15-21)23-22(24)18-9-11-20(12-10-18)25-14-13-16(2)3/h6-12,15-17H,5,13-14H2,1-4H3,(H,23,24). The largest absolute Gasteiger partial charge is 0.494 e. The van der Waals surface area contributed by atoms with Gasteiger partial charge in [-0.1, -0.05) is 26.8 Å². The van der Waals surface area contributed by atoms with Crippen LogP contribution in [0.15, 0.2) is 48.5 Å². The quantitative estimate of drug-likeness (QED) is 0.642. The molecular formula is C22H29NO3. The van der Waals surface area contributed by atoms with Gasteiger partial charge in [-0.25, -0.2) is 0 Å². The van der Waals surface area contributed by atoms with Crippen molar-refractivity contribution >= 4 is 11.6 Å². The lowest BCUT2D eigenvalue weighted by atomic mass is 10.1. The second-order valence-corrected chi connectivity index (χ2v) is 6.87. The van der Waals surface area contributed by atoms with Crippen LogP contribution < -0.4 is 14.8 Å². The molecular weight excluding hydrogens is 326 g/mol. The van der Waals surface area contributed by atoms with Gasteiger partial charge in [0.2, 0.25) is 0 Å². The Labute approximate surface area is 156 Å². The van der Waals surface area contributed by atoms with Crippen molar-refractivity contribution in [3.05, 3.63) is 54.1 Å². The first-order chi connectivity index (χ1) is 12.5. The average molecular weight is 355 g/mol. The maximum atomic E-state index is 12.4. The molecule has 0 spiro atoms. The first-order valence-corrected chi connectivity index (χ1v) is 9.29. The Morgan fingerprint density at radius 3 is 2.42 bits per heavy atom. The van der Waals surface area contributed by atoms with Gasteiger partial charge >= 0.3 is 0 Å². The summed E-state index contributed by atoms with van der Waals surface area (Å²) in [6.07, 6.45) is 2.09. The van der Waals surface area contributed by atoms with Crippen LogP contribution in [0.4, 0.5) is 5.69 Å². The molecule has 4 nitrogen and oxygen atoms in total. The normalized spacial score (nSPS) is 11.9. The number of benzene rings is 2. The summed E-state index contributed by atoms with van der Waals surface area (Å²) in [6, 6.07) is 14.7. The predicted octanol–water partition coefficient (Wildman–Crippen LogP) is 5.54. The summed E-state index contributed by atoms with van der Waals surface area (Å²) in [4.78, 5) is 12.4. The van der Waals surface area contributed by atoms with E-state index in [1.807, 2.05) is 43.3 Å². The van der Waals surface area contributed by atoms with Gasteiger partial charge in [-0.15, -0.1) is 0 Å². The van der Waals surface area contributed by atoms with E-state index in [2.05, 4.69) is 26.1 Å². The molecule has 2 aromatic carbocycles. The van der Waals surface area contributed by atoms with E-state index >= 15 is 0 Å². The van der Waals surface area contributed by atoms with Crippen molar-refractivity contribution in [1.82, 2.24) is 0 Å². The SMILES string of the molecule is CCC(C)Oc1cccc(NC(=O)c2ccc(OCCC(C)C)cc2)c1. The first-order valence-electron chi connectivity index (χ1n) is 9.29. The third-order valence-corrected chi connectivity index (χ3v) is 4.08. The highest BCUT2D eigenvalue weighted by Gasteiger charge is 2.08. The van der Waals surface area contributed by atoms with Gasteiger partial charge in [-0.3, -0.25) is 4.79 Å². The molecule has 4 heteroatoms. The molecule has 0 saturated heterocycles. The molecule has 2 aromatic rings. The molecule has 1 amide bonds. The van der Waals surface area contributed by atoms with Gasteiger partial charge in [0.1, 0.15) is 11.5 Å². The third-order valence-electron chi connectivity index (χ3n) is 4.08. The summed E-state index contributed by atoms with van der Waals surface area (Å²) in [5.41, 5.74) is 1.31. The van der Waals surface area contributed by atoms with Crippen molar-refractivity contribution < 1.29 is 14.3 Å². The van der Waals surface area contributed by atoms with Gasteiger partial charge < -0.3 is 14.8 Å². The minimum atomic E-state index is -0.153. The van der Waals surface area contributed by atoms with Gasteiger partial charge in [-0.05, 0) is 62.1 Å². The monoisotopic (exact) mass is 355 g/mol. The highest BCUT2D eigenvalue weighted by molar-refractivity contribution is 6.04. The number of carbonyl (C=O) groups excluding carboxylic acids is 1. The number of amides is 1. The lowest BCUT2D eigenvalue weighted by molar-refractivity contribution is 0.102. The zero-order chi connectivity index (χ0) is 18.9. The summed E-state index contributed by atoms with van der Waals surface area (Å²) < 4.78 is 11.5. The van der Waals surface area contributed by atoms with Crippen molar-refractivity contribution in [3.8, 4) is 11.5 Å². The number of rotatable bonds is 9. The number of carbonyl (C=O) groups is 1. The summed E-state index contributed by atoms with van der Waals surface area (Å²) in [5.74, 6) is 2.00. The Kier molecular flexibility index (Phi) is 7.52. The van der Waals surface area contributed by atoms with Crippen LogP contribution >= 0.6 is 0 Å². The molecule has 0 aromatic heterocycles. The van der Waals surface area contributed by atoms with Crippen molar-refractivity contribution in [2.45, 2.75) is 46.6 Å². The van der Waals surface area contributed by atoms with Crippen molar-refractivity contribution in [3.63, 3.8) is 0 Å². The molecule has 0 aliphatic carbocycles. The molecule has 2 rings (SSSR count). The average Bonchev–Trinajstić information content (AvgIpc) is 2.62. The molecule has 0 saturated carbocycles. The minimum absolute atomic E-state index is 0.143. The van der Waals surface area contributed by atoms with Crippen LogP contribution in [0.1, 0.15) is 50.9 Å². The fourth-order valence-corrected chi connectivity index (χ4v) is 2.28. The zero-order valence-electron chi connectivity index (χ0n) is 16.1. The fourth-order valence-electron chi connectivity index (χ4n) is 2.28. The van der Waals surface area contributed by atoms with Crippen LogP contribution in [-0.2, 0) is 0 Å². The Hall–Kier alpha value is -2.49. The molecule has 0 fully saturated rings. The lowest BCUT2D eigenvalue weighted by Crippen LogP contribution is -2.13. The second-order valence-electron chi connectivity index (χ2n) is 6.87. The third kappa shape index (κ3) is 6.43. The Morgan fingerprint density at radius 1 is 1.04 bits per heavy atom. The summed E-state index contributed by atoms with van der Waals surface area (Å²) in [6.45, 7) is 9.12. The second kappa shape index (κ2) is 9.85. The molecule has 0 aliphatic rings. The van der Waals surface area contributed by atoms with Crippen LogP contribution in [0.3, 0.4) is 0 Å². The molecule has 0 bridgehead atoms. The fraction of sp³-hybridized carbons (Fsp3) is 0.409. The summed E-state index contributed by atoms with van der Waals surface area (Å²) in [5, 5.41) is 2.91. The van der Waals surface area contributed by atoms with E-state index < -0.39 is 0 Å². The van der Waals surface area contributed by atoms with Crippen LogP contribution in [0.5, 0.6) is 11.5 Å². The minimum Gasteiger partial charge on any atom is -0.494 e. The van der Waals surface area contributed by atoms with Gasteiger partial charge in [0, 0.05) is 17.3 Å². The van der Waals surface area contributed by atoms with Gasteiger partial charge in [-0.2, -0.15) is 0 Å². The van der Waals surface area contributed by atoms with Crippen LogP contribution in [0.25, 0.3) is 0 Å². The van der Waals surface area contributed by atoms with Crippen molar-refractivity contribution in [2.24, 2.45) is 5.92 Å². The number of ether oxygens (including phenoxy) is 2. The summed E-state index contributed by atoms with van der Waals surface area (Å²) in [7, 11) is 0. The van der Waals surface area contributed by atoms with E-state index in [9.17, 15) is 4.79 Å². The van der Waals surface area contributed by atoms with Gasteiger partial charge in [0.25, 0.3) is 5.91 Å². The van der Waals surface area contributed by atoms with E-state index in [4.69, 9.17) is 9.47 Å². The van der Waals surface area contributed by atoms with Crippen LogP contribution in [0.2, 0.25) is 0 Å². The van der Waals surface area contributed by atoms with Crippen molar-refractivity contribution in [1.29, 1.82) is 0 Å². The van der Waals surface area contributed by atoms with E-state index in [1.54, 1.807) is 12.1 Å².